The summed E-state index contributed by atoms with van der Waals surface area (Å²) in [6.45, 7) is 6.22. The lowest BCUT2D eigenvalue weighted by atomic mass is 10.1. The van der Waals surface area contributed by atoms with Gasteiger partial charge in [0.25, 0.3) is 5.69 Å². The smallest absolute Gasteiger partial charge is 0.376 e. The summed E-state index contributed by atoms with van der Waals surface area (Å²) >= 11 is 0. The highest BCUT2D eigenvalue weighted by Gasteiger charge is 2.32. The van der Waals surface area contributed by atoms with Crippen molar-refractivity contribution in [3.05, 3.63) is 111 Å². The standard InChI is InChI=1S/C33H36N4O7/c1-22-29(32(38)34-15-17-36-16-14-26(19-36)27-18-28(44-35-27)33(39)41-3)37(40)23(2)31(43-21-25-12-8-5-9-13-25)30(22)42-20-24-10-6-4-7-11-24/h4-13,18,26H,14-17,19-21H2,1-3H3,(H,34,38)/t26-/m1/s1. The van der Waals surface area contributed by atoms with E-state index in [1.54, 1.807) is 19.9 Å². The first-order valence-corrected chi connectivity index (χ1v) is 14.5. The molecule has 1 aliphatic rings. The molecular formula is C33H36N4O7. The van der Waals surface area contributed by atoms with Crippen LogP contribution in [-0.4, -0.2) is 55.2 Å². The Bertz CT molecular complexity index is 1590. The van der Waals surface area contributed by atoms with Crippen molar-refractivity contribution < 1.29 is 33.1 Å². The molecule has 44 heavy (non-hydrogen) atoms. The van der Waals surface area contributed by atoms with Crippen LogP contribution in [0.15, 0.2) is 71.3 Å². The van der Waals surface area contributed by atoms with Crippen molar-refractivity contribution in [2.24, 2.45) is 0 Å². The second kappa shape index (κ2) is 14.0. The summed E-state index contributed by atoms with van der Waals surface area (Å²) < 4.78 is 22.8. The minimum absolute atomic E-state index is 0.0325. The molecule has 1 N–H and O–H groups in total. The van der Waals surface area contributed by atoms with E-state index in [-0.39, 0.29) is 36.3 Å². The van der Waals surface area contributed by atoms with E-state index in [2.05, 4.69) is 20.1 Å². The van der Waals surface area contributed by atoms with Gasteiger partial charge in [0.1, 0.15) is 13.2 Å². The number of carbonyl (C=O) groups is 2. The maximum absolute atomic E-state index is 13.4. The fraction of sp³-hybridized carbons (Fsp3) is 0.333. The van der Waals surface area contributed by atoms with Crippen LogP contribution in [0.4, 0.5) is 0 Å². The summed E-state index contributed by atoms with van der Waals surface area (Å²) in [5.41, 5.74) is 3.19. The maximum Gasteiger partial charge on any atom is 0.376 e. The van der Waals surface area contributed by atoms with E-state index in [4.69, 9.17) is 14.0 Å². The van der Waals surface area contributed by atoms with Gasteiger partial charge in [-0.25, -0.2) is 4.79 Å². The zero-order valence-corrected chi connectivity index (χ0v) is 25.1. The highest BCUT2D eigenvalue weighted by atomic mass is 16.6. The molecule has 1 amide bonds. The number of benzene rings is 2. The van der Waals surface area contributed by atoms with E-state index >= 15 is 0 Å². The van der Waals surface area contributed by atoms with Crippen molar-refractivity contribution in [1.29, 1.82) is 0 Å². The van der Waals surface area contributed by atoms with Crippen LogP contribution in [0, 0.1) is 19.1 Å². The summed E-state index contributed by atoms with van der Waals surface area (Å²) in [6.07, 6.45) is 0.840. The molecular weight excluding hydrogens is 564 g/mol. The Morgan fingerprint density at radius 2 is 1.66 bits per heavy atom. The van der Waals surface area contributed by atoms with Crippen molar-refractivity contribution in [3.8, 4) is 11.5 Å². The number of pyridine rings is 1. The zero-order chi connectivity index (χ0) is 31.1. The number of likely N-dealkylation sites (tertiary alicyclic amines) is 1. The third kappa shape index (κ3) is 7.00. The predicted octanol–water partition coefficient (Wildman–Crippen LogP) is 4.09. The van der Waals surface area contributed by atoms with Gasteiger partial charge in [0.05, 0.1) is 18.4 Å². The van der Waals surface area contributed by atoms with Gasteiger partial charge in [-0.1, -0.05) is 65.8 Å². The predicted molar refractivity (Wildman–Crippen MR) is 160 cm³/mol. The van der Waals surface area contributed by atoms with E-state index in [0.717, 1.165) is 24.1 Å². The van der Waals surface area contributed by atoms with Gasteiger partial charge in [0, 0.05) is 38.5 Å². The number of ether oxygens (including phenoxy) is 3. The minimum atomic E-state index is -0.563. The first-order valence-electron chi connectivity index (χ1n) is 14.5. The molecule has 2 aromatic heterocycles. The molecule has 230 valence electrons. The summed E-state index contributed by atoms with van der Waals surface area (Å²) in [5, 5.41) is 20.4. The molecule has 0 unspecified atom stereocenters. The number of hydrogen-bond donors (Lipinski definition) is 1. The van der Waals surface area contributed by atoms with Crippen LogP contribution < -0.4 is 19.5 Å². The molecule has 3 heterocycles. The zero-order valence-electron chi connectivity index (χ0n) is 25.1. The van der Waals surface area contributed by atoms with Crippen molar-refractivity contribution in [1.82, 2.24) is 15.4 Å². The normalized spacial score (nSPS) is 14.8. The molecule has 5 rings (SSSR count). The number of amides is 1. The Kier molecular flexibility index (Phi) is 9.75. The summed E-state index contributed by atoms with van der Waals surface area (Å²) in [7, 11) is 1.29. The van der Waals surface area contributed by atoms with Gasteiger partial charge in [-0.05, 0) is 31.0 Å². The van der Waals surface area contributed by atoms with E-state index in [0.29, 0.717) is 47.1 Å². The number of rotatable bonds is 12. The lowest BCUT2D eigenvalue weighted by molar-refractivity contribution is -0.615. The van der Waals surface area contributed by atoms with Gasteiger partial charge in [-0.3, -0.25) is 4.79 Å². The van der Waals surface area contributed by atoms with Crippen LogP contribution >= 0.6 is 0 Å². The number of aromatic nitrogens is 2. The van der Waals surface area contributed by atoms with Crippen LogP contribution in [0.2, 0.25) is 0 Å². The van der Waals surface area contributed by atoms with Crippen molar-refractivity contribution in [3.63, 3.8) is 0 Å². The highest BCUT2D eigenvalue weighted by Crippen LogP contribution is 2.35. The third-order valence-corrected chi connectivity index (χ3v) is 7.72. The monoisotopic (exact) mass is 600 g/mol. The summed E-state index contributed by atoms with van der Waals surface area (Å²) in [5.74, 6) is -0.203. The number of methoxy groups -OCH3 is 1. The molecule has 2 aromatic carbocycles. The van der Waals surface area contributed by atoms with Crippen molar-refractivity contribution in [2.45, 2.75) is 39.4 Å². The van der Waals surface area contributed by atoms with E-state index in [1.807, 2.05) is 60.7 Å². The molecule has 0 spiro atoms. The first-order chi connectivity index (χ1) is 21.4. The summed E-state index contributed by atoms with van der Waals surface area (Å²) in [6, 6.07) is 20.9. The molecule has 11 nitrogen and oxygen atoms in total. The molecule has 0 saturated carbocycles. The summed E-state index contributed by atoms with van der Waals surface area (Å²) in [4.78, 5) is 27.3. The van der Waals surface area contributed by atoms with Crippen molar-refractivity contribution >= 4 is 11.9 Å². The Morgan fingerprint density at radius 1 is 1.02 bits per heavy atom. The highest BCUT2D eigenvalue weighted by molar-refractivity contribution is 5.93. The molecule has 0 radical (unpaired) electrons. The van der Waals surface area contributed by atoms with Crippen LogP contribution in [-0.2, 0) is 18.0 Å². The fourth-order valence-electron chi connectivity index (χ4n) is 5.29. The Hall–Kier alpha value is -4.90. The van der Waals surface area contributed by atoms with Crippen LogP contribution in [0.3, 0.4) is 0 Å². The van der Waals surface area contributed by atoms with E-state index < -0.39 is 11.9 Å². The van der Waals surface area contributed by atoms with Gasteiger partial charge in [0.15, 0.2) is 5.75 Å². The largest absolute Gasteiger partial charge is 0.618 e. The quantitative estimate of drug-likeness (QED) is 0.145. The Balaban J connectivity index is 1.27. The molecule has 1 aliphatic heterocycles. The lowest BCUT2D eigenvalue weighted by Crippen LogP contribution is -2.44. The van der Waals surface area contributed by atoms with Crippen LogP contribution in [0.25, 0.3) is 0 Å². The maximum atomic E-state index is 13.4. The third-order valence-electron chi connectivity index (χ3n) is 7.72. The van der Waals surface area contributed by atoms with Crippen LogP contribution in [0.5, 0.6) is 11.5 Å². The Labute approximate surface area is 255 Å². The molecule has 1 fully saturated rings. The number of nitrogens with zero attached hydrogens (tertiary/aromatic N) is 3. The van der Waals surface area contributed by atoms with Gasteiger partial charge >= 0.3 is 11.9 Å². The van der Waals surface area contributed by atoms with Gasteiger partial charge < -0.3 is 34.2 Å². The Morgan fingerprint density at radius 3 is 2.30 bits per heavy atom. The number of hydrogen-bond acceptors (Lipinski definition) is 9. The number of esters is 1. The lowest BCUT2D eigenvalue weighted by Gasteiger charge is -2.20. The van der Waals surface area contributed by atoms with Crippen LogP contribution in [0.1, 0.15) is 61.5 Å². The fourth-order valence-corrected chi connectivity index (χ4v) is 5.29. The van der Waals surface area contributed by atoms with E-state index in [1.165, 1.54) is 7.11 Å². The SMILES string of the molecule is COC(=O)c1cc([C@@H]2CCN(CCNC(=O)c3c(C)c(OCc4ccccc4)c(OCc4ccccc4)c(C)[n+]3[O-])C2)no1. The van der Waals surface area contributed by atoms with Gasteiger partial charge in [-0.15, -0.1) is 0 Å². The van der Waals surface area contributed by atoms with Gasteiger partial charge in [0.2, 0.25) is 17.2 Å². The molecule has 1 atom stereocenters. The van der Waals surface area contributed by atoms with Gasteiger partial charge in [-0.2, -0.15) is 4.73 Å². The van der Waals surface area contributed by atoms with E-state index in [9.17, 15) is 14.8 Å². The van der Waals surface area contributed by atoms with Crippen molar-refractivity contribution in [2.75, 3.05) is 33.3 Å². The number of nitrogens with one attached hydrogen (secondary N) is 1. The first kappa shape index (κ1) is 30.6. The molecule has 4 aromatic rings. The minimum Gasteiger partial charge on any atom is -0.618 e. The second-order valence-corrected chi connectivity index (χ2v) is 10.7. The average Bonchev–Trinajstić information content (AvgIpc) is 3.73. The average molecular weight is 601 g/mol. The second-order valence-electron chi connectivity index (χ2n) is 10.7. The molecule has 0 bridgehead atoms. The topological polar surface area (TPSA) is 130 Å². The number of carbonyl (C=O) groups excluding carboxylic acids is 2. The molecule has 0 aliphatic carbocycles. The molecule has 11 heteroatoms. The molecule has 1 saturated heterocycles.